The fourth-order valence-corrected chi connectivity index (χ4v) is 1.94. The molecular weight excluding hydrogens is 266 g/mol. The molecule has 9 heteroatoms. The number of rotatable bonds is 8. The predicted molar refractivity (Wildman–Crippen MR) is 61.1 cm³/mol. The van der Waals surface area contributed by atoms with Crippen LogP contribution in [-0.2, 0) is 29.1 Å². The molecule has 0 rings (SSSR count). The Labute approximate surface area is 105 Å². The maximum absolute atomic E-state index is 11.4. The summed E-state index contributed by atoms with van der Waals surface area (Å²) in [5.41, 5.74) is 0. The number of ether oxygens (including phenoxy) is 2. The highest BCUT2D eigenvalue weighted by molar-refractivity contribution is 7.89. The molecule has 0 bridgehead atoms. The molecule has 0 amide bonds. The number of methoxy groups -OCH3 is 1. The molecule has 0 aromatic heterocycles. The fourth-order valence-electron chi connectivity index (χ4n) is 0.948. The van der Waals surface area contributed by atoms with E-state index in [0.29, 0.717) is 0 Å². The molecule has 0 saturated heterocycles. The van der Waals surface area contributed by atoms with Crippen LogP contribution in [0.1, 0.15) is 13.3 Å². The minimum Gasteiger partial charge on any atom is -0.467 e. The van der Waals surface area contributed by atoms with Crippen molar-refractivity contribution in [1.29, 1.82) is 0 Å². The summed E-state index contributed by atoms with van der Waals surface area (Å²) in [6.07, 6.45) is -1.87. The number of aliphatic hydroxyl groups excluding tert-OH is 1. The first kappa shape index (κ1) is 16.8. The van der Waals surface area contributed by atoms with Gasteiger partial charge in [0, 0.05) is 6.54 Å². The lowest BCUT2D eigenvalue weighted by atomic mass is 10.4. The van der Waals surface area contributed by atoms with Gasteiger partial charge in [-0.1, -0.05) is 0 Å². The van der Waals surface area contributed by atoms with E-state index in [1.54, 1.807) is 6.92 Å². The second-order valence-corrected chi connectivity index (χ2v) is 5.19. The molecular formula is C9H17NO7S. The standard InChI is InChI=1S/C9H17NO7S/c1-3-17-8(12)4-5-18(14,15)10-6-7(11)9(13)16-2/h7,10-11H,3-6H2,1-2H3. The molecule has 0 radical (unpaired) electrons. The summed E-state index contributed by atoms with van der Waals surface area (Å²) >= 11 is 0. The largest absolute Gasteiger partial charge is 0.467 e. The maximum Gasteiger partial charge on any atom is 0.336 e. The monoisotopic (exact) mass is 283 g/mol. The second kappa shape index (κ2) is 8.01. The fraction of sp³-hybridized carbons (Fsp3) is 0.778. The highest BCUT2D eigenvalue weighted by Gasteiger charge is 2.19. The van der Waals surface area contributed by atoms with Gasteiger partial charge in [-0.3, -0.25) is 4.79 Å². The van der Waals surface area contributed by atoms with Crippen molar-refractivity contribution < 1.29 is 32.6 Å². The summed E-state index contributed by atoms with van der Waals surface area (Å²) in [5, 5.41) is 9.15. The number of nitrogens with one attached hydrogen (secondary N) is 1. The van der Waals surface area contributed by atoms with Gasteiger partial charge in [-0.25, -0.2) is 17.9 Å². The highest BCUT2D eigenvalue weighted by Crippen LogP contribution is 1.94. The lowest BCUT2D eigenvalue weighted by Crippen LogP contribution is -2.38. The van der Waals surface area contributed by atoms with Gasteiger partial charge >= 0.3 is 11.9 Å². The van der Waals surface area contributed by atoms with Crippen molar-refractivity contribution in [1.82, 2.24) is 4.72 Å². The molecule has 1 atom stereocenters. The summed E-state index contributed by atoms with van der Waals surface area (Å²) in [5.74, 6) is -2.04. The molecule has 0 heterocycles. The number of carbonyl (C=O) groups excluding carboxylic acids is 2. The Morgan fingerprint density at radius 1 is 1.39 bits per heavy atom. The molecule has 0 aliphatic carbocycles. The summed E-state index contributed by atoms with van der Waals surface area (Å²) in [7, 11) is -2.68. The number of hydrogen-bond donors (Lipinski definition) is 2. The van der Waals surface area contributed by atoms with Crippen molar-refractivity contribution in [3.8, 4) is 0 Å². The van der Waals surface area contributed by atoms with E-state index in [9.17, 15) is 18.0 Å². The average molecular weight is 283 g/mol. The topological polar surface area (TPSA) is 119 Å². The van der Waals surface area contributed by atoms with Gasteiger partial charge in [0.1, 0.15) is 0 Å². The number of sulfonamides is 1. The minimum atomic E-state index is -3.75. The summed E-state index contributed by atoms with van der Waals surface area (Å²) in [6.45, 7) is 1.28. The van der Waals surface area contributed by atoms with E-state index < -0.39 is 40.4 Å². The Kier molecular flexibility index (Phi) is 7.48. The molecule has 0 aliphatic rings. The molecule has 106 valence electrons. The van der Waals surface area contributed by atoms with Gasteiger partial charge in [-0.15, -0.1) is 0 Å². The van der Waals surface area contributed by atoms with Crippen LogP contribution in [-0.4, -0.2) is 57.6 Å². The molecule has 0 spiro atoms. The zero-order valence-electron chi connectivity index (χ0n) is 10.2. The molecule has 0 aliphatic heterocycles. The Balaban J connectivity index is 4.09. The van der Waals surface area contributed by atoms with E-state index in [0.717, 1.165) is 7.11 Å². The maximum atomic E-state index is 11.4. The average Bonchev–Trinajstić information content (AvgIpc) is 2.33. The van der Waals surface area contributed by atoms with Crippen LogP contribution in [0.15, 0.2) is 0 Å². The first-order chi connectivity index (χ1) is 8.32. The number of carbonyl (C=O) groups is 2. The van der Waals surface area contributed by atoms with E-state index in [1.807, 2.05) is 4.72 Å². The van der Waals surface area contributed by atoms with Gasteiger partial charge in [-0.05, 0) is 6.92 Å². The van der Waals surface area contributed by atoms with Crippen molar-refractivity contribution in [3.05, 3.63) is 0 Å². The third-order valence-electron chi connectivity index (χ3n) is 1.85. The SMILES string of the molecule is CCOC(=O)CCS(=O)(=O)NCC(O)C(=O)OC. The molecule has 0 aromatic carbocycles. The molecule has 18 heavy (non-hydrogen) atoms. The molecule has 0 fully saturated rings. The van der Waals surface area contributed by atoms with Crippen molar-refractivity contribution >= 4 is 22.0 Å². The third-order valence-corrected chi connectivity index (χ3v) is 3.20. The molecule has 0 saturated carbocycles. The van der Waals surface area contributed by atoms with Crippen LogP contribution >= 0.6 is 0 Å². The third kappa shape index (κ3) is 7.20. The van der Waals surface area contributed by atoms with Crippen LogP contribution in [0.4, 0.5) is 0 Å². The van der Waals surface area contributed by atoms with Crippen LogP contribution in [0, 0.1) is 0 Å². The molecule has 1 unspecified atom stereocenters. The first-order valence-corrected chi connectivity index (χ1v) is 6.86. The van der Waals surface area contributed by atoms with E-state index in [-0.39, 0.29) is 13.0 Å². The molecule has 8 nitrogen and oxygen atoms in total. The van der Waals surface area contributed by atoms with E-state index in [2.05, 4.69) is 9.47 Å². The molecule has 2 N–H and O–H groups in total. The zero-order valence-corrected chi connectivity index (χ0v) is 11.0. The first-order valence-electron chi connectivity index (χ1n) is 5.21. The van der Waals surface area contributed by atoms with Gasteiger partial charge in [-0.2, -0.15) is 0 Å². The van der Waals surface area contributed by atoms with E-state index in [1.165, 1.54) is 0 Å². The van der Waals surface area contributed by atoms with Crippen LogP contribution in [0.5, 0.6) is 0 Å². The second-order valence-electron chi connectivity index (χ2n) is 3.26. The lowest BCUT2D eigenvalue weighted by molar-refractivity contribution is -0.149. The van der Waals surface area contributed by atoms with Crippen LogP contribution in [0.25, 0.3) is 0 Å². The van der Waals surface area contributed by atoms with Crippen LogP contribution in [0.2, 0.25) is 0 Å². The lowest BCUT2D eigenvalue weighted by Gasteiger charge is -2.10. The van der Waals surface area contributed by atoms with Crippen molar-refractivity contribution in [3.63, 3.8) is 0 Å². The van der Waals surface area contributed by atoms with E-state index >= 15 is 0 Å². The quantitative estimate of drug-likeness (QED) is 0.514. The number of esters is 2. The van der Waals surface area contributed by atoms with Gasteiger partial charge in [0.2, 0.25) is 10.0 Å². The number of aliphatic hydroxyl groups is 1. The summed E-state index contributed by atoms with van der Waals surface area (Å²) < 4.78 is 33.5. The Morgan fingerprint density at radius 2 is 2.00 bits per heavy atom. The Hall–Kier alpha value is -1.19. The van der Waals surface area contributed by atoms with Gasteiger partial charge < -0.3 is 14.6 Å². The Bertz CT molecular complexity index is 378. The van der Waals surface area contributed by atoms with Crippen LogP contribution < -0.4 is 4.72 Å². The zero-order chi connectivity index (χ0) is 14.2. The van der Waals surface area contributed by atoms with Gasteiger partial charge in [0.15, 0.2) is 6.10 Å². The van der Waals surface area contributed by atoms with Gasteiger partial charge in [0.05, 0.1) is 25.9 Å². The number of hydrogen-bond acceptors (Lipinski definition) is 7. The summed E-state index contributed by atoms with van der Waals surface area (Å²) in [4.78, 5) is 21.7. The highest BCUT2D eigenvalue weighted by atomic mass is 32.2. The Morgan fingerprint density at radius 3 is 2.50 bits per heavy atom. The van der Waals surface area contributed by atoms with Crippen molar-refractivity contribution in [2.75, 3.05) is 26.0 Å². The van der Waals surface area contributed by atoms with Crippen molar-refractivity contribution in [2.24, 2.45) is 0 Å². The van der Waals surface area contributed by atoms with Gasteiger partial charge in [0.25, 0.3) is 0 Å². The normalized spacial score (nSPS) is 12.8. The minimum absolute atomic E-state index is 0.174. The van der Waals surface area contributed by atoms with Crippen LogP contribution in [0.3, 0.4) is 0 Å². The summed E-state index contributed by atoms with van der Waals surface area (Å²) in [6, 6.07) is 0. The predicted octanol–water partition coefficient (Wildman–Crippen LogP) is -1.61. The molecule has 0 aromatic rings. The van der Waals surface area contributed by atoms with E-state index in [4.69, 9.17) is 5.11 Å². The smallest absolute Gasteiger partial charge is 0.336 e. The van der Waals surface area contributed by atoms with Crippen molar-refractivity contribution in [2.45, 2.75) is 19.4 Å².